The molecule has 0 aromatic heterocycles. The molecule has 1 saturated heterocycles. The van der Waals surface area contributed by atoms with Crippen LogP contribution < -0.4 is 5.32 Å². The van der Waals surface area contributed by atoms with E-state index < -0.39 is 0 Å². The Morgan fingerprint density at radius 2 is 2.14 bits per heavy atom. The topological polar surface area (TPSA) is 32.3 Å². The number of carbonyl (C=O) groups is 1. The Balaban J connectivity index is 0.00000220. The van der Waals surface area contributed by atoms with Crippen LogP contribution >= 0.6 is 12.4 Å². The molecule has 2 rings (SSSR count). The van der Waals surface area contributed by atoms with Crippen LogP contribution in [0.3, 0.4) is 0 Å². The van der Waals surface area contributed by atoms with Crippen LogP contribution in [0.4, 0.5) is 4.39 Å². The molecule has 3 nitrogen and oxygen atoms in total. The van der Waals surface area contributed by atoms with E-state index in [1.165, 1.54) is 6.07 Å². The first-order chi connectivity index (χ1) is 9.63. The molecule has 118 valence electrons. The van der Waals surface area contributed by atoms with Crippen LogP contribution in [-0.2, 0) is 4.79 Å². The quantitative estimate of drug-likeness (QED) is 0.847. The van der Waals surface area contributed by atoms with Crippen molar-refractivity contribution < 1.29 is 9.18 Å². The number of hydrogen-bond donors (Lipinski definition) is 1. The second-order valence-electron chi connectivity index (χ2n) is 5.63. The number of benzene rings is 1. The van der Waals surface area contributed by atoms with Crippen molar-refractivity contribution in [2.24, 2.45) is 5.92 Å². The van der Waals surface area contributed by atoms with E-state index in [1.54, 1.807) is 12.1 Å². The fraction of sp³-hybridized carbons (Fsp3) is 0.562. The van der Waals surface area contributed by atoms with Crippen LogP contribution in [0.1, 0.15) is 37.8 Å². The summed E-state index contributed by atoms with van der Waals surface area (Å²) in [5, 5.41) is 3.04. The number of rotatable bonds is 5. The van der Waals surface area contributed by atoms with E-state index in [1.807, 2.05) is 18.0 Å². The smallest absolute Gasteiger partial charge is 0.223 e. The first-order valence-electron chi connectivity index (χ1n) is 7.32. The Labute approximate surface area is 132 Å². The Kier molecular flexibility index (Phi) is 7.12. The summed E-state index contributed by atoms with van der Waals surface area (Å²) in [6.07, 6.45) is 2.20. The van der Waals surface area contributed by atoms with E-state index in [9.17, 15) is 9.18 Å². The van der Waals surface area contributed by atoms with Gasteiger partial charge in [-0.1, -0.05) is 25.1 Å². The van der Waals surface area contributed by atoms with Gasteiger partial charge in [-0.2, -0.15) is 0 Å². The molecular formula is C16H24ClFN2O. The van der Waals surface area contributed by atoms with E-state index in [0.29, 0.717) is 17.9 Å². The molecule has 1 aliphatic rings. The highest BCUT2D eigenvalue weighted by atomic mass is 35.5. The van der Waals surface area contributed by atoms with Crippen molar-refractivity contribution in [1.29, 1.82) is 0 Å². The van der Waals surface area contributed by atoms with Gasteiger partial charge >= 0.3 is 0 Å². The highest BCUT2D eigenvalue weighted by Gasteiger charge is 2.34. The van der Waals surface area contributed by atoms with Gasteiger partial charge in [0.15, 0.2) is 0 Å². The Morgan fingerprint density at radius 3 is 2.81 bits per heavy atom. The van der Waals surface area contributed by atoms with Crippen molar-refractivity contribution in [3.63, 3.8) is 0 Å². The average molecular weight is 315 g/mol. The van der Waals surface area contributed by atoms with Crippen LogP contribution in [0.15, 0.2) is 24.3 Å². The van der Waals surface area contributed by atoms with Crippen molar-refractivity contribution >= 4 is 18.3 Å². The number of likely N-dealkylation sites (tertiary alicyclic amines) is 1. The predicted octanol–water partition coefficient (Wildman–Crippen LogP) is 3.16. The zero-order chi connectivity index (χ0) is 14.5. The highest BCUT2D eigenvalue weighted by Crippen LogP contribution is 2.36. The minimum atomic E-state index is -0.209. The van der Waals surface area contributed by atoms with E-state index >= 15 is 0 Å². The Hall–Kier alpha value is -1.13. The van der Waals surface area contributed by atoms with Crippen LogP contribution in [0.2, 0.25) is 0 Å². The molecule has 0 bridgehead atoms. The van der Waals surface area contributed by atoms with Gasteiger partial charge in [-0.05, 0) is 38.4 Å². The molecule has 1 heterocycles. The van der Waals surface area contributed by atoms with Crippen molar-refractivity contribution in [1.82, 2.24) is 10.2 Å². The molecule has 1 aromatic carbocycles. The average Bonchev–Trinajstić information content (AvgIpc) is 2.81. The second kappa shape index (κ2) is 8.35. The van der Waals surface area contributed by atoms with Crippen molar-refractivity contribution in [2.45, 2.75) is 32.2 Å². The van der Waals surface area contributed by atoms with Crippen molar-refractivity contribution in [3.8, 4) is 0 Å². The minimum absolute atomic E-state index is 0. The molecule has 1 fully saturated rings. The molecule has 1 N–H and O–H groups in total. The molecule has 5 heteroatoms. The molecule has 0 saturated carbocycles. The van der Waals surface area contributed by atoms with E-state index in [-0.39, 0.29) is 30.2 Å². The van der Waals surface area contributed by atoms with Gasteiger partial charge in [-0.25, -0.2) is 4.39 Å². The number of halogens is 2. The summed E-state index contributed by atoms with van der Waals surface area (Å²) in [5.74, 6) is 0.352. The zero-order valence-electron chi connectivity index (χ0n) is 12.6. The predicted molar refractivity (Wildman–Crippen MR) is 85.0 cm³/mol. The molecule has 1 amide bonds. The SMILES string of the molecule is CNCCCC(=O)N1CC(C)CC1c1ccccc1F.Cl. The first-order valence-corrected chi connectivity index (χ1v) is 7.32. The van der Waals surface area contributed by atoms with E-state index in [0.717, 1.165) is 25.9 Å². The maximum atomic E-state index is 14.0. The fourth-order valence-corrected chi connectivity index (χ4v) is 2.92. The lowest BCUT2D eigenvalue weighted by molar-refractivity contribution is -0.132. The second-order valence-corrected chi connectivity index (χ2v) is 5.63. The number of nitrogens with one attached hydrogen (secondary N) is 1. The largest absolute Gasteiger partial charge is 0.335 e. The Bertz CT molecular complexity index is 469. The third kappa shape index (κ3) is 4.42. The summed E-state index contributed by atoms with van der Waals surface area (Å²) < 4.78 is 14.0. The van der Waals surface area contributed by atoms with Gasteiger partial charge in [0.1, 0.15) is 5.82 Å². The summed E-state index contributed by atoms with van der Waals surface area (Å²) in [4.78, 5) is 14.2. The number of hydrogen-bond acceptors (Lipinski definition) is 2. The normalized spacial score (nSPS) is 21.2. The van der Waals surface area contributed by atoms with Crippen molar-refractivity contribution in [2.75, 3.05) is 20.1 Å². The number of carbonyl (C=O) groups excluding carboxylic acids is 1. The first kappa shape index (κ1) is 17.9. The molecule has 2 atom stereocenters. The third-order valence-corrected chi connectivity index (χ3v) is 3.91. The maximum absolute atomic E-state index is 14.0. The Morgan fingerprint density at radius 1 is 1.43 bits per heavy atom. The van der Waals surface area contributed by atoms with Gasteiger partial charge in [-0.3, -0.25) is 4.79 Å². The maximum Gasteiger partial charge on any atom is 0.223 e. The molecular weight excluding hydrogens is 291 g/mol. The van der Waals surface area contributed by atoms with Crippen LogP contribution in [0, 0.1) is 11.7 Å². The summed E-state index contributed by atoms with van der Waals surface area (Å²) in [6.45, 7) is 3.69. The minimum Gasteiger partial charge on any atom is -0.335 e. The summed E-state index contributed by atoms with van der Waals surface area (Å²) in [7, 11) is 1.88. The molecule has 0 spiro atoms. The molecule has 2 unspecified atom stereocenters. The van der Waals surface area contributed by atoms with Gasteiger partial charge in [0.25, 0.3) is 0 Å². The molecule has 21 heavy (non-hydrogen) atoms. The summed E-state index contributed by atoms with van der Waals surface area (Å²) in [5.41, 5.74) is 0.652. The van der Waals surface area contributed by atoms with Gasteiger partial charge in [0.2, 0.25) is 5.91 Å². The standard InChI is InChI=1S/C16H23FN2O.ClH/c1-12-10-15(13-6-3-4-7-14(13)17)19(11-12)16(20)8-5-9-18-2;/h3-4,6-7,12,15,18H,5,8-11H2,1-2H3;1H. The number of amides is 1. The summed E-state index contributed by atoms with van der Waals surface area (Å²) in [6, 6.07) is 6.70. The number of nitrogens with zero attached hydrogens (tertiary/aromatic N) is 1. The molecule has 0 aliphatic carbocycles. The molecule has 1 aliphatic heterocycles. The molecule has 0 radical (unpaired) electrons. The van der Waals surface area contributed by atoms with Crippen LogP contribution in [0.25, 0.3) is 0 Å². The summed E-state index contributed by atoms with van der Waals surface area (Å²) >= 11 is 0. The van der Waals surface area contributed by atoms with Gasteiger partial charge in [0.05, 0.1) is 6.04 Å². The van der Waals surface area contributed by atoms with Gasteiger partial charge in [-0.15, -0.1) is 12.4 Å². The van der Waals surface area contributed by atoms with E-state index in [4.69, 9.17) is 0 Å². The zero-order valence-corrected chi connectivity index (χ0v) is 13.5. The van der Waals surface area contributed by atoms with E-state index in [2.05, 4.69) is 12.2 Å². The fourth-order valence-electron chi connectivity index (χ4n) is 2.92. The third-order valence-electron chi connectivity index (χ3n) is 3.91. The van der Waals surface area contributed by atoms with Crippen LogP contribution in [-0.4, -0.2) is 30.9 Å². The molecule has 1 aromatic rings. The van der Waals surface area contributed by atoms with Gasteiger partial charge in [0, 0.05) is 18.5 Å². The lowest BCUT2D eigenvalue weighted by atomic mass is 10.0. The van der Waals surface area contributed by atoms with Crippen molar-refractivity contribution in [3.05, 3.63) is 35.6 Å². The monoisotopic (exact) mass is 314 g/mol. The lowest BCUT2D eigenvalue weighted by Crippen LogP contribution is -2.31. The lowest BCUT2D eigenvalue weighted by Gasteiger charge is -2.25. The van der Waals surface area contributed by atoms with Gasteiger partial charge < -0.3 is 10.2 Å². The van der Waals surface area contributed by atoms with Crippen LogP contribution in [0.5, 0.6) is 0 Å². The highest BCUT2D eigenvalue weighted by molar-refractivity contribution is 5.85.